The van der Waals surface area contributed by atoms with Crippen molar-refractivity contribution in [1.29, 1.82) is 0 Å². The van der Waals surface area contributed by atoms with Crippen LogP contribution in [-0.4, -0.2) is 38.1 Å². The molecule has 1 aromatic heterocycles. The molecule has 0 N–H and O–H groups in total. The minimum atomic E-state index is 0.264. The number of ketones is 1. The van der Waals surface area contributed by atoms with Crippen LogP contribution in [-0.2, 0) is 11.2 Å². The smallest absolute Gasteiger partial charge is 0.185 e. The van der Waals surface area contributed by atoms with E-state index < -0.39 is 0 Å². The molecule has 0 unspecified atom stereocenters. The van der Waals surface area contributed by atoms with Crippen LogP contribution in [0.1, 0.15) is 34.6 Å². The van der Waals surface area contributed by atoms with Crippen LogP contribution >= 0.6 is 11.3 Å². The predicted octanol–water partition coefficient (Wildman–Crippen LogP) is 2.13. The molecule has 94 valence electrons. The Kier molecular flexibility index (Phi) is 4.12. The highest BCUT2D eigenvalue weighted by Gasteiger charge is 2.23. The zero-order chi connectivity index (χ0) is 12.3. The van der Waals surface area contributed by atoms with Crippen LogP contribution in [0, 0.1) is 0 Å². The molecule has 0 aliphatic heterocycles. The van der Waals surface area contributed by atoms with Gasteiger partial charge in [0.2, 0.25) is 0 Å². The maximum atomic E-state index is 11.7. The first-order valence-corrected chi connectivity index (χ1v) is 6.77. The summed E-state index contributed by atoms with van der Waals surface area (Å²) in [6.45, 7) is 1.67. The summed E-state index contributed by atoms with van der Waals surface area (Å²) in [7, 11) is 3.73. The number of methoxy groups -OCH3 is 1. The largest absolute Gasteiger partial charge is 0.385 e. The molecule has 0 saturated heterocycles. The highest BCUT2D eigenvalue weighted by Crippen LogP contribution is 2.31. The first kappa shape index (κ1) is 12.5. The molecule has 1 aliphatic rings. The van der Waals surface area contributed by atoms with Gasteiger partial charge < -0.3 is 9.64 Å². The summed E-state index contributed by atoms with van der Waals surface area (Å²) in [5.41, 5.74) is 1.000. The van der Waals surface area contributed by atoms with Gasteiger partial charge in [-0.15, -0.1) is 0 Å². The Bertz CT molecular complexity index is 403. The molecule has 0 radical (unpaired) electrons. The van der Waals surface area contributed by atoms with Crippen molar-refractivity contribution in [2.24, 2.45) is 0 Å². The summed E-state index contributed by atoms with van der Waals surface area (Å²) < 4.78 is 5.03. The third-order valence-corrected chi connectivity index (χ3v) is 4.18. The molecule has 0 atom stereocenters. The molecule has 5 heteroatoms. The molecular formula is C12H18N2O2S. The highest BCUT2D eigenvalue weighted by molar-refractivity contribution is 7.17. The van der Waals surface area contributed by atoms with Crippen molar-refractivity contribution >= 4 is 22.3 Å². The second-order valence-electron chi connectivity index (χ2n) is 4.32. The van der Waals surface area contributed by atoms with E-state index in [4.69, 9.17) is 4.74 Å². The zero-order valence-electron chi connectivity index (χ0n) is 10.4. The van der Waals surface area contributed by atoms with Gasteiger partial charge in [0, 0.05) is 33.7 Å². The van der Waals surface area contributed by atoms with E-state index >= 15 is 0 Å². The van der Waals surface area contributed by atoms with Crippen molar-refractivity contribution in [3.05, 3.63) is 10.6 Å². The van der Waals surface area contributed by atoms with E-state index in [0.717, 1.165) is 48.1 Å². The van der Waals surface area contributed by atoms with Crippen molar-refractivity contribution in [2.45, 2.75) is 25.7 Å². The molecule has 0 bridgehead atoms. The van der Waals surface area contributed by atoms with Crippen molar-refractivity contribution in [2.75, 3.05) is 32.2 Å². The van der Waals surface area contributed by atoms with Crippen LogP contribution < -0.4 is 4.90 Å². The number of aryl methyl sites for hydroxylation is 1. The van der Waals surface area contributed by atoms with Crippen LogP contribution in [0.15, 0.2) is 0 Å². The quantitative estimate of drug-likeness (QED) is 0.755. The monoisotopic (exact) mass is 254 g/mol. The van der Waals surface area contributed by atoms with Crippen molar-refractivity contribution in [1.82, 2.24) is 4.98 Å². The second kappa shape index (κ2) is 5.60. The first-order valence-electron chi connectivity index (χ1n) is 5.95. The third-order valence-electron chi connectivity index (χ3n) is 2.93. The number of nitrogens with zero attached hydrogens (tertiary/aromatic N) is 2. The fraction of sp³-hybridized carbons (Fsp3) is 0.667. The van der Waals surface area contributed by atoms with E-state index in [0.29, 0.717) is 6.42 Å². The Morgan fingerprint density at radius 1 is 1.47 bits per heavy atom. The minimum absolute atomic E-state index is 0.264. The standard InChI is InChI=1S/C12H18N2O2S/c1-14(7-4-8-16-2)12-13-9-5-3-6-10(15)11(9)17-12/h3-8H2,1-2H3. The normalized spacial score (nSPS) is 14.8. The van der Waals surface area contributed by atoms with Gasteiger partial charge >= 0.3 is 0 Å². The fourth-order valence-electron chi connectivity index (χ4n) is 1.96. The van der Waals surface area contributed by atoms with Gasteiger partial charge in [-0.3, -0.25) is 4.79 Å². The summed E-state index contributed by atoms with van der Waals surface area (Å²) >= 11 is 1.53. The molecule has 1 heterocycles. The van der Waals surface area contributed by atoms with Gasteiger partial charge in [0.25, 0.3) is 0 Å². The van der Waals surface area contributed by atoms with Gasteiger partial charge in [0.15, 0.2) is 10.9 Å². The number of carbonyl (C=O) groups excluding carboxylic acids is 1. The Balaban J connectivity index is 2.04. The molecule has 2 rings (SSSR count). The summed E-state index contributed by atoms with van der Waals surface area (Å²) in [6.07, 6.45) is 3.55. The van der Waals surface area contributed by atoms with Crippen LogP contribution in [0.2, 0.25) is 0 Å². The fourth-order valence-corrected chi connectivity index (χ4v) is 3.03. The number of hydrogen-bond donors (Lipinski definition) is 0. The summed E-state index contributed by atoms with van der Waals surface area (Å²) in [5.74, 6) is 0.264. The van der Waals surface area contributed by atoms with Gasteiger partial charge in [0.05, 0.1) is 10.6 Å². The van der Waals surface area contributed by atoms with Gasteiger partial charge in [-0.1, -0.05) is 11.3 Å². The summed E-state index contributed by atoms with van der Waals surface area (Å²) in [5, 5.41) is 0.960. The maximum absolute atomic E-state index is 11.7. The van der Waals surface area contributed by atoms with E-state index in [1.807, 2.05) is 7.05 Å². The summed E-state index contributed by atoms with van der Waals surface area (Å²) in [6, 6.07) is 0. The number of rotatable bonds is 5. The van der Waals surface area contributed by atoms with E-state index in [-0.39, 0.29) is 5.78 Å². The average molecular weight is 254 g/mol. The molecular weight excluding hydrogens is 236 g/mol. The van der Waals surface area contributed by atoms with Gasteiger partial charge in [-0.05, 0) is 19.3 Å². The number of anilines is 1. The maximum Gasteiger partial charge on any atom is 0.185 e. The third kappa shape index (κ3) is 2.84. The zero-order valence-corrected chi connectivity index (χ0v) is 11.2. The molecule has 0 fully saturated rings. The second-order valence-corrected chi connectivity index (χ2v) is 5.29. The molecule has 1 aliphatic carbocycles. The minimum Gasteiger partial charge on any atom is -0.385 e. The lowest BCUT2D eigenvalue weighted by atomic mass is 10.0. The van der Waals surface area contributed by atoms with Crippen LogP contribution in [0.25, 0.3) is 0 Å². The number of Topliss-reactive ketones (excluding diaryl/α,β-unsaturated/α-hetero) is 1. The van der Waals surface area contributed by atoms with Gasteiger partial charge in [-0.2, -0.15) is 0 Å². The summed E-state index contributed by atoms with van der Waals surface area (Å²) in [4.78, 5) is 19.3. The molecule has 0 amide bonds. The number of ether oxygens (including phenoxy) is 1. The van der Waals surface area contributed by atoms with Gasteiger partial charge in [-0.25, -0.2) is 4.98 Å². The molecule has 0 aromatic carbocycles. The highest BCUT2D eigenvalue weighted by atomic mass is 32.1. The lowest BCUT2D eigenvalue weighted by molar-refractivity contribution is 0.0976. The SMILES string of the molecule is COCCCN(C)c1nc2c(s1)C(=O)CCC2. The van der Waals surface area contributed by atoms with Crippen molar-refractivity contribution in [3.8, 4) is 0 Å². The topological polar surface area (TPSA) is 42.4 Å². The van der Waals surface area contributed by atoms with Crippen LogP contribution in [0.3, 0.4) is 0 Å². The average Bonchev–Trinajstić information content (AvgIpc) is 2.75. The Hall–Kier alpha value is -0.940. The van der Waals surface area contributed by atoms with E-state index in [9.17, 15) is 4.79 Å². The first-order chi connectivity index (χ1) is 8.22. The van der Waals surface area contributed by atoms with E-state index in [1.165, 1.54) is 11.3 Å². The number of carbonyl (C=O) groups is 1. The van der Waals surface area contributed by atoms with Crippen molar-refractivity contribution in [3.63, 3.8) is 0 Å². The van der Waals surface area contributed by atoms with E-state index in [1.54, 1.807) is 7.11 Å². The molecule has 1 aromatic rings. The molecule has 0 spiro atoms. The molecule has 4 nitrogen and oxygen atoms in total. The van der Waals surface area contributed by atoms with Crippen LogP contribution in [0.4, 0.5) is 5.13 Å². The van der Waals surface area contributed by atoms with E-state index in [2.05, 4.69) is 9.88 Å². The Morgan fingerprint density at radius 2 is 2.29 bits per heavy atom. The predicted molar refractivity (Wildman–Crippen MR) is 69.1 cm³/mol. The number of fused-ring (bicyclic) bond motifs is 1. The Morgan fingerprint density at radius 3 is 3.00 bits per heavy atom. The van der Waals surface area contributed by atoms with Crippen molar-refractivity contribution < 1.29 is 9.53 Å². The number of hydrogen-bond acceptors (Lipinski definition) is 5. The molecule has 17 heavy (non-hydrogen) atoms. The molecule has 0 saturated carbocycles. The number of thiazole rings is 1. The lowest BCUT2D eigenvalue weighted by Gasteiger charge is -2.14. The van der Waals surface area contributed by atoms with Crippen LogP contribution in [0.5, 0.6) is 0 Å². The number of aromatic nitrogens is 1. The Labute approximate surface area is 106 Å². The lowest BCUT2D eigenvalue weighted by Crippen LogP contribution is -2.19. The van der Waals surface area contributed by atoms with Gasteiger partial charge in [0.1, 0.15) is 0 Å².